The van der Waals surface area contributed by atoms with E-state index in [9.17, 15) is 18.0 Å². The van der Waals surface area contributed by atoms with Gasteiger partial charge >= 0.3 is 6.18 Å². The molecule has 0 atom stereocenters. The maximum atomic E-state index is 13.0. The highest BCUT2D eigenvalue weighted by Gasteiger charge is 2.35. The summed E-state index contributed by atoms with van der Waals surface area (Å²) in [5, 5.41) is 7.43. The summed E-state index contributed by atoms with van der Waals surface area (Å²) in [6.07, 6.45) is -2.76. The molecule has 0 radical (unpaired) electrons. The van der Waals surface area contributed by atoms with Crippen molar-refractivity contribution < 1.29 is 22.7 Å². The van der Waals surface area contributed by atoms with E-state index in [0.717, 1.165) is 42.8 Å². The van der Waals surface area contributed by atoms with Gasteiger partial charge in [0.1, 0.15) is 5.56 Å². The summed E-state index contributed by atoms with van der Waals surface area (Å²) in [4.78, 5) is 17.1. The maximum Gasteiger partial charge on any atom is 0.421 e. The van der Waals surface area contributed by atoms with Crippen molar-refractivity contribution in [3.05, 3.63) is 39.2 Å². The molecule has 0 saturated carbocycles. The van der Waals surface area contributed by atoms with Crippen LogP contribution in [0, 0.1) is 0 Å². The minimum absolute atomic E-state index is 0.0259. The summed E-state index contributed by atoms with van der Waals surface area (Å²) in [7, 11) is 1.11. The molecular weight excluding hydrogens is 343 g/mol. The van der Waals surface area contributed by atoms with E-state index < -0.39 is 23.5 Å². The normalized spacial score (nSPS) is 14.2. The third-order valence-electron chi connectivity index (χ3n) is 3.67. The minimum Gasteiger partial charge on any atom is -0.481 e. The van der Waals surface area contributed by atoms with Gasteiger partial charge in [0.05, 0.1) is 24.6 Å². The van der Waals surface area contributed by atoms with Gasteiger partial charge in [0.2, 0.25) is 5.88 Å². The van der Waals surface area contributed by atoms with E-state index in [-0.39, 0.29) is 5.69 Å². The highest BCUT2D eigenvalue weighted by atomic mass is 32.1. The van der Waals surface area contributed by atoms with E-state index in [1.54, 1.807) is 5.38 Å². The molecule has 128 valence electrons. The molecule has 0 bridgehead atoms. The first-order chi connectivity index (χ1) is 11.4. The van der Waals surface area contributed by atoms with Gasteiger partial charge in [0, 0.05) is 16.8 Å². The van der Waals surface area contributed by atoms with Gasteiger partial charge in [-0.15, -0.1) is 11.3 Å². The number of amides is 1. The zero-order chi connectivity index (χ0) is 17.3. The van der Waals surface area contributed by atoms with Crippen molar-refractivity contribution in [2.45, 2.75) is 19.1 Å². The molecule has 2 N–H and O–H groups in total. The molecule has 2 aromatic heterocycles. The van der Waals surface area contributed by atoms with Crippen molar-refractivity contribution in [1.82, 2.24) is 10.3 Å². The van der Waals surface area contributed by atoms with Crippen molar-refractivity contribution in [3.63, 3.8) is 0 Å². The standard InChI is InChI=1S/C15H14F3N3O2S/c1-23-14-11(15(16,17)18)4-8(5-20-14)21-13(22)10-7-24-12-6-19-3-2-9(10)12/h4-5,7,19H,2-3,6H2,1H3,(H,21,22). The Bertz CT molecular complexity index is 774. The van der Waals surface area contributed by atoms with Gasteiger partial charge in [-0.25, -0.2) is 4.98 Å². The number of fused-ring (bicyclic) bond motifs is 1. The molecule has 0 aliphatic carbocycles. The van der Waals surface area contributed by atoms with Crippen LogP contribution in [0.25, 0.3) is 0 Å². The van der Waals surface area contributed by atoms with Crippen LogP contribution >= 0.6 is 11.3 Å². The molecule has 0 aromatic carbocycles. The lowest BCUT2D eigenvalue weighted by atomic mass is 10.0. The Kier molecular flexibility index (Phi) is 4.46. The Balaban J connectivity index is 1.86. The summed E-state index contributed by atoms with van der Waals surface area (Å²) in [6.45, 7) is 1.47. The monoisotopic (exact) mass is 357 g/mol. The third-order valence-corrected chi connectivity index (χ3v) is 4.70. The number of rotatable bonds is 3. The van der Waals surface area contributed by atoms with Gasteiger partial charge in [0.25, 0.3) is 5.91 Å². The van der Waals surface area contributed by atoms with Crippen molar-refractivity contribution in [2.75, 3.05) is 19.0 Å². The van der Waals surface area contributed by atoms with Gasteiger partial charge in [-0.1, -0.05) is 0 Å². The van der Waals surface area contributed by atoms with Crippen molar-refractivity contribution in [1.29, 1.82) is 0 Å². The lowest BCUT2D eigenvalue weighted by Crippen LogP contribution is -2.24. The molecular formula is C15H14F3N3O2S. The third kappa shape index (κ3) is 3.22. The van der Waals surface area contributed by atoms with Gasteiger partial charge in [-0.3, -0.25) is 4.79 Å². The van der Waals surface area contributed by atoms with Crippen LogP contribution < -0.4 is 15.4 Å². The second kappa shape index (κ2) is 6.40. The summed E-state index contributed by atoms with van der Waals surface area (Å²) < 4.78 is 43.7. The quantitative estimate of drug-likeness (QED) is 0.886. The molecule has 0 unspecified atom stereocenters. The van der Waals surface area contributed by atoms with Crippen LogP contribution in [0.1, 0.15) is 26.4 Å². The molecule has 0 saturated heterocycles. The highest BCUT2D eigenvalue weighted by molar-refractivity contribution is 7.10. The highest BCUT2D eigenvalue weighted by Crippen LogP contribution is 2.36. The number of carbonyl (C=O) groups excluding carboxylic acids is 1. The average molecular weight is 357 g/mol. The maximum absolute atomic E-state index is 13.0. The van der Waals surface area contributed by atoms with Crippen LogP contribution in [0.3, 0.4) is 0 Å². The van der Waals surface area contributed by atoms with Gasteiger partial charge < -0.3 is 15.4 Å². The number of aromatic nitrogens is 1. The molecule has 9 heteroatoms. The number of hydrogen-bond acceptors (Lipinski definition) is 5. The second-order valence-electron chi connectivity index (χ2n) is 5.21. The molecule has 3 heterocycles. The minimum atomic E-state index is -4.62. The lowest BCUT2D eigenvalue weighted by molar-refractivity contribution is -0.139. The number of nitrogens with one attached hydrogen (secondary N) is 2. The summed E-state index contributed by atoms with van der Waals surface area (Å²) in [5.74, 6) is -0.964. The molecule has 2 aromatic rings. The van der Waals surface area contributed by atoms with Gasteiger partial charge in [-0.2, -0.15) is 13.2 Å². The number of hydrogen-bond donors (Lipinski definition) is 2. The summed E-state index contributed by atoms with van der Waals surface area (Å²) >= 11 is 1.47. The Labute approximate surface area is 139 Å². The van der Waals surface area contributed by atoms with Crippen molar-refractivity contribution in [3.8, 4) is 5.88 Å². The van der Waals surface area contributed by atoms with E-state index in [1.807, 2.05) is 0 Å². The predicted octanol–water partition coefficient (Wildman–Crippen LogP) is 3.07. The second-order valence-corrected chi connectivity index (χ2v) is 6.17. The van der Waals surface area contributed by atoms with Crippen LogP contribution in [-0.4, -0.2) is 24.5 Å². The fourth-order valence-electron chi connectivity index (χ4n) is 2.54. The Morgan fingerprint density at radius 1 is 1.46 bits per heavy atom. The molecule has 0 spiro atoms. The average Bonchev–Trinajstić information content (AvgIpc) is 2.98. The number of halogens is 3. The van der Waals surface area contributed by atoms with E-state index in [4.69, 9.17) is 0 Å². The Morgan fingerprint density at radius 3 is 2.96 bits per heavy atom. The Hall–Kier alpha value is -2.13. The first-order valence-corrected chi connectivity index (χ1v) is 8.00. The molecule has 1 aliphatic rings. The number of nitrogens with zero attached hydrogens (tertiary/aromatic N) is 1. The lowest BCUT2D eigenvalue weighted by Gasteiger charge is -2.15. The zero-order valence-corrected chi connectivity index (χ0v) is 13.5. The fraction of sp³-hybridized carbons (Fsp3) is 0.333. The van der Waals surface area contributed by atoms with E-state index in [0.29, 0.717) is 12.1 Å². The number of anilines is 1. The first-order valence-electron chi connectivity index (χ1n) is 7.12. The molecule has 3 rings (SSSR count). The number of alkyl halides is 3. The smallest absolute Gasteiger partial charge is 0.421 e. The SMILES string of the molecule is COc1ncc(NC(=O)c2csc3c2CCNC3)cc1C(F)(F)F. The molecule has 1 aliphatic heterocycles. The number of methoxy groups -OCH3 is 1. The zero-order valence-electron chi connectivity index (χ0n) is 12.7. The molecule has 0 fully saturated rings. The van der Waals surface area contributed by atoms with Crippen LogP contribution in [0.15, 0.2) is 17.6 Å². The van der Waals surface area contributed by atoms with E-state index in [2.05, 4.69) is 20.4 Å². The summed E-state index contributed by atoms with van der Waals surface area (Å²) in [6, 6.07) is 0.824. The Morgan fingerprint density at radius 2 is 2.25 bits per heavy atom. The fourth-order valence-corrected chi connectivity index (χ4v) is 3.58. The van der Waals surface area contributed by atoms with Crippen molar-refractivity contribution in [2.24, 2.45) is 0 Å². The van der Waals surface area contributed by atoms with E-state index >= 15 is 0 Å². The molecule has 24 heavy (non-hydrogen) atoms. The molecule has 1 amide bonds. The van der Waals surface area contributed by atoms with Crippen molar-refractivity contribution >= 4 is 22.9 Å². The molecule has 5 nitrogen and oxygen atoms in total. The largest absolute Gasteiger partial charge is 0.481 e. The number of thiophene rings is 1. The van der Waals surface area contributed by atoms with E-state index in [1.165, 1.54) is 11.3 Å². The van der Waals surface area contributed by atoms with Crippen LogP contribution in [0.4, 0.5) is 18.9 Å². The number of pyridine rings is 1. The summed E-state index contributed by atoms with van der Waals surface area (Å²) in [5.41, 5.74) is 0.399. The van der Waals surface area contributed by atoms with Crippen LogP contribution in [0.5, 0.6) is 5.88 Å². The predicted molar refractivity (Wildman–Crippen MR) is 83.5 cm³/mol. The first kappa shape index (κ1) is 16.7. The number of ether oxygens (including phenoxy) is 1. The van der Waals surface area contributed by atoms with Crippen LogP contribution in [0.2, 0.25) is 0 Å². The number of carbonyl (C=O) groups is 1. The topological polar surface area (TPSA) is 63.2 Å². The van der Waals surface area contributed by atoms with Crippen LogP contribution in [-0.2, 0) is 19.1 Å². The van der Waals surface area contributed by atoms with Gasteiger partial charge in [-0.05, 0) is 24.6 Å². The van der Waals surface area contributed by atoms with Gasteiger partial charge in [0.15, 0.2) is 0 Å².